The number of hydrogen-bond acceptors (Lipinski definition) is 3. The van der Waals surface area contributed by atoms with Crippen molar-refractivity contribution in [2.75, 3.05) is 11.4 Å². The first kappa shape index (κ1) is 27.8. The van der Waals surface area contributed by atoms with Crippen molar-refractivity contribution in [3.05, 3.63) is 89.5 Å². The molecule has 42 heavy (non-hydrogen) atoms. The third kappa shape index (κ3) is 5.08. The van der Waals surface area contributed by atoms with Crippen LogP contribution in [0.2, 0.25) is 0 Å². The molecule has 0 spiro atoms. The fourth-order valence-corrected chi connectivity index (χ4v) is 6.63. The number of carbonyl (C=O) groups is 3. The Bertz CT molecular complexity index is 1670. The van der Waals surface area contributed by atoms with Crippen molar-refractivity contribution in [1.29, 1.82) is 0 Å². The lowest BCUT2D eigenvalue weighted by atomic mass is 9.87. The minimum atomic E-state index is -0.925. The molecule has 2 heterocycles. The largest absolute Gasteiger partial charge is 0.368 e. The van der Waals surface area contributed by atoms with Gasteiger partial charge in [0.15, 0.2) is 0 Å². The van der Waals surface area contributed by atoms with Gasteiger partial charge in [-0.05, 0) is 66.0 Å². The number of rotatable bonds is 6. The van der Waals surface area contributed by atoms with Gasteiger partial charge in [-0.3, -0.25) is 19.3 Å². The highest BCUT2D eigenvalue weighted by Gasteiger charge is 2.41. The second-order valence-corrected chi connectivity index (χ2v) is 12.8. The first-order valence-electron chi connectivity index (χ1n) is 14.8. The number of aromatic amines is 1. The highest BCUT2D eigenvalue weighted by atomic mass is 16.2. The van der Waals surface area contributed by atoms with Gasteiger partial charge in [-0.25, -0.2) is 0 Å². The standard InChI is InChI=1S/C35H38N4O3/c1-35(2,3)21-30(40)39(32(22-10-5-4-6-11-22)34(42)38-19-9-14-29(38)33(36)41)24-16-18-25-23(20-24)15-17-27-26-12-7-8-13-28(26)37-31(25)27/h4-8,10-13,16,18,20,29,32,37H,9,14-15,17,19,21H2,1-3H3,(H2,36,41)/t29-,32-/m0/s1. The Kier molecular flexibility index (Phi) is 7.13. The summed E-state index contributed by atoms with van der Waals surface area (Å²) in [6.07, 6.45) is 3.21. The molecule has 1 saturated heterocycles. The average Bonchev–Trinajstić information content (AvgIpc) is 3.60. The van der Waals surface area contributed by atoms with Crippen LogP contribution in [0.3, 0.4) is 0 Å². The van der Waals surface area contributed by atoms with Crippen LogP contribution in [0.4, 0.5) is 5.69 Å². The van der Waals surface area contributed by atoms with Gasteiger partial charge in [0.2, 0.25) is 11.8 Å². The SMILES string of the molecule is CC(C)(C)CC(=O)N(c1ccc2c(c1)CCc1c-2[nH]c2ccccc12)[C@H](C(=O)N1CCC[C@H]1C(N)=O)c1ccccc1. The molecule has 4 aromatic rings. The number of nitrogens with zero attached hydrogens (tertiary/aromatic N) is 2. The van der Waals surface area contributed by atoms with Crippen LogP contribution in [0, 0.1) is 5.41 Å². The number of benzene rings is 3. The topological polar surface area (TPSA) is 99.5 Å². The zero-order valence-electron chi connectivity index (χ0n) is 24.5. The van der Waals surface area contributed by atoms with Gasteiger partial charge >= 0.3 is 0 Å². The average molecular weight is 563 g/mol. The molecule has 1 aromatic heterocycles. The summed E-state index contributed by atoms with van der Waals surface area (Å²) in [5, 5.41) is 1.24. The van der Waals surface area contributed by atoms with Crippen molar-refractivity contribution < 1.29 is 14.4 Å². The van der Waals surface area contributed by atoms with Crippen LogP contribution in [-0.2, 0) is 27.2 Å². The Morgan fingerprint density at radius 1 is 1.00 bits per heavy atom. The van der Waals surface area contributed by atoms with Gasteiger partial charge in [0, 0.05) is 40.8 Å². The molecular weight excluding hydrogens is 524 g/mol. The molecular formula is C35H38N4O3. The van der Waals surface area contributed by atoms with Gasteiger partial charge in [0.1, 0.15) is 12.1 Å². The quantitative estimate of drug-likeness (QED) is 0.305. The highest BCUT2D eigenvalue weighted by Crippen LogP contribution is 2.41. The number of anilines is 1. The van der Waals surface area contributed by atoms with Crippen LogP contribution < -0.4 is 10.6 Å². The van der Waals surface area contributed by atoms with Gasteiger partial charge in [0.25, 0.3) is 5.91 Å². The summed E-state index contributed by atoms with van der Waals surface area (Å²) < 4.78 is 0. The van der Waals surface area contributed by atoms with E-state index in [1.807, 2.05) is 63.2 Å². The zero-order chi connectivity index (χ0) is 29.6. The normalized spacial score (nSPS) is 17.0. The number of aryl methyl sites for hydroxylation is 2. The number of amides is 3. The minimum absolute atomic E-state index is 0.137. The predicted octanol–water partition coefficient (Wildman–Crippen LogP) is 5.92. The lowest BCUT2D eigenvalue weighted by Crippen LogP contribution is -2.50. The molecule has 3 N–H and O–H groups in total. The van der Waals surface area contributed by atoms with Crippen LogP contribution in [0.25, 0.3) is 22.2 Å². The van der Waals surface area contributed by atoms with Crippen LogP contribution in [-0.4, -0.2) is 40.2 Å². The van der Waals surface area contributed by atoms with Crippen LogP contribution in [0.1, 0.15) is 62.8 Å². The summed E-state index contributed by atoms with van der Waals surface area (Å²) in [6, 6.07) is 22.3. The maximum atomic E-state index is 14.4. The number of hydrogen-bond donors (Lipinski definition) is 2. The second kappa shape index (κ2) is 10.8. The minimum Gasteiger partial charge on any atom is -0.368 e. The summed E-state index contributed by atoms with van der Waals surface area (Å²) in [6.45, 7) is 6.51. The summed E-state index contributed by atoms with van der Waals surface area (Å²) in [7, 11) is 0. The van der Waals surface area contributed by atoms with E-state index in [-0.39, 0.29) is 23.7 Å². The van der Waals surface area contributed by atoms with Crippen molar-refractivity contribution in [3.8, 4) is 11.3 Å². The number of fused-ring (bicyclic) bond motifs is 5. The monoisotopic (exact) mass is 562 g/mol. The van der Waals surface area contributed by atoms with E-state index < -0.39 is 18.0 Å². The number of para-hydroxylation sites is 1. The number of nitrogens with two attached hydrogens (primary N) is 1. The third-order valence-electron chi connectivity index (χ3n) is 8.52. The molecule has 216 valence electrons. The molecule has 7 heteroatoms. The van der Waals surface area contributed by atoms with Gasteiger partial charge in [-0.1, -0.05) is 75.4 Å². The Labute approximate surface area is 246 Å². The maximum Gasteiger partial charge on any atom is 0.251 e. The lowest BCUT2D eigenvalue weighted by molar-refractivity contribution is -0.139. The molecule has 0 saturated carbocycles. The summed E-state index contributed by atoms with van der Waals surface area (Å²) in [5.74, 6) is -0.926. The highest BCUT2D eigenvalue weighted by molar-refractivity contribution is 6.03. The smallest absolute Gasteiger partial charge is 0.251 e. The van der Waals surface area contributed by atoms with Gasteiger partial charge in [-0.15, -0.1) is 0 Å². The number of aromatic nitrogens is 1. The number of primary amides is 1. The molecule has 0 radical (unpaired) electrons. The third-order valence-corrected chi connectivity index (χ3v) is 8.52. The molecule has 6 rings (SSSR count). The van der Waals surface area contributed by atoms with E-state index in [0.29, 0.717) is 30.6 Å². The molecule has 1 aliphatic carbocycles. The number of carbonyl (C=O) groups excluding carboxylic acids is 3. The molecule has 2 atom stereocenters. The number of nitrogens with one attached hydrogen (secondary N) is 1. The van der Waals surface area contributed by atoms with Crippen molar-refractivity contribution >= 4 is 34.3 Å². The van der Waals surface area contributed by atoms with Crippen molar-refractivity contribution in [2.24, 2.45) is 11.1 Å². The Morgan fingerprint density at radius 2 is 1.74 bits per heavy atom. The Hall–Kier alpha value is -4.39. The van der Waals surface area contributed by atoms with Crippen LogP contribution in [0.15, 0.2) is 72.8 Å². The Balaban J connectivity index is 1.48. The lowest BCUT2D eigenvalue weighted by Gasteiger charge is -2.37. The summed E-state index contributed by atoms with van der Waals surface area (Å²) >= 11 is 0. The number of likely N-dealkylation sites (tertiary alicyclic amines) is 1. The zero-order valence-corrected chi connectivity index (χ0v) is 24.5. The fourth-order valence-electron chi connectivity index (χ4n) is 6.63. The van der Waals surface area contributed by atoms with E-state index in [2.05, 4.69) is 35.3 Å². The van der Waals surface area contributed by atoms with E-state index in [4.69, 9.17) is 5.73 Å². The van der Waals surface area contributed by atoms with Gasteiger partial charge in [-0.2, -0.15) is 0 Å². The van der Waals surface area contributed by atoms with Gasteiger partial charge < -0.3 is 15.6 Å². The van der Waals surface area contributed by atoms with E-state index in [1.54, 1.807) is 9.80 Å². The molecule has 0 bridgehead atoms. The van der Waals surface area contributed by atoms with E-state index in [9.17, 15) is 14.4 Å². The molecule has 3 aromatic carbocycles. The Morgan fingerprint density at radius 3 is 2.48 bits per heavy atom. The van der Waals surface area contributed by atoms with Crippen molar-refractivity contribution in [1.82, 2.24) is 9.88 Å². The molecule has 1 fully saturated rings. The second-order valence-electron chi connectivity index (χ2n) is 12.8. The first-order chi connectivity index (χ1) is 20.1. The van der Waals surface area contributed by atoms with E-state index in [1.165, 1.54) is 10.9 Å². The van der Waals surface area contributed by atoms with E-state index in [0.717, 1.165) is 35.2 Å². The fraction of sp³-hybridized carbons (Fsp3) is 0.343. The van der Waals surface area contributed by atoms with Gasteiger partial charge in [0.05, 0.1) is 0 Å². The molecule has 7 nitrogen and oxygen atoms in total. The van der Waals surface area contributed by atoms with Crippen LogP contribution >= 0.6 is 0 Å². The molecule has 1 aliphatic heterocycles. The summed E-state index contributed by atoms with van der Waals surface area (Å²) in [4.78, 5) is 47.8. The van der Waals surface area contributed by atoms with E-state index >= 15 is 0 Å². The molecule has 2 aliphatic rings. The molecule has 0 unspecified atom stereocenters. The molecule has 3 amide bonds. The number of H-pyrrole nitrogens is 1. The first-order valence-corrected chi connectivity index (χ1v) is 14.8. The summed E-state index contributed by atoms with van der Waals surface area (Å²) in [5.41, 5.74) is 12.6. The van der Waals surface area contributed by atoms with Crippen molar-refractivity contribution in [3.63, 3.8) is 0 Å². The predicted molar refractivity (Wildman–Crippen MR) is 166 cm³/mol. The van der Waals surface area contributed by atoms with Crippen LogP contribution in [0.5, 0.6) is 0 Å². The maximum absolute atomic E-state index is 14.4. The van der Waals surface area contributed by atoms with Crippen molar-refractivity contribution in [2.45, 2.75) is 65.0 Å².